The third-order valence-electron chi connectivity index (χ3n) is 12.4. The minimum absolute atomic E-state index is 0.00192. The zero-order chi connectivity index (χ0) is 53.6. The Morgan fingerprint density at radius 1 is 0.387 bits per heavy atom. The van der Waals surface area contributed by atoms with E-state index >= 15 is 0 Å². The summed E-state index contributed by atoms with van der Waals surface area (Å²) in [5.41, 5.74) is 6.33. The van der Waals surface area contributed by atoms with Crippen LogP contribution in [0.1, 0.15) is 41.4 Å². The van der Waals surface area contributed by atoms with E-state index in [9.17, 15) is 19.2 Å². The maximum Gasteiger partial charge on any atom is 0.0653 e. The predicted molar refractivity (Wildman–Crippen MR) is 264 cm³/mol. The van der Waals surface area contributed by atoms with Gasteiger partial charge >= 0.3 is 0 Å². The highest BCUT2D eigenvalue weighted by atomic mass is 15.2. The Hall–Kier alpha value is -7.82. The van der Waals surface area contributed by atoms with Crippen LogP contribution in [0.4, 0.5) is 34.1 Å². The van der Waals surface area contributed by atoms with Crippen LogP contribution in [0.5, 0.6) is 0 Å². The molecule has 294 valence electrons. The van der Waals surface area contributed by atoms with Crippen molar-refractivity contribution >= 4 is 110 Å². The summed E-state index contributed by atoms with van der Waals surface area (Å²) in [5, 5.41) is 0.388. The zero-order valence-electron chi connectivity index (χ0n) is 48.0. The standard InChI is InChI=1S/C58H42N4/c1-35-27-29-37(3)51(31-35)59(39-15-7-5-8-16-39)47-23-13-25-49-55(47)43-21-11-19-41-45-34-54-46(33-53(45)61(49)57(41)43)42-20-12-22-44-56-48(24-14-26-50(56)62(54)58(42)44)60(40-17-9-6-10-18-40)52-32-36(2)28-30-38(52)4/h5-34H,1-4H3/i11D,12D,13D,14D,19D,20D,21D,22D,23D,24D,25D,26D,33D,34D. The van der Waals surface area contributed by atoms with Crippen LogP contribution in [0.2, 0.25) is 0 Å². The summed E-state index contributed by atoms with van der Waals surface area (Å²) in [6, 6.07) is 24.2. The lowest BCUT2D eigenvalue weighted by atomic mass is 10.0. The van der Waals surface area contributed by atoms with E-state index in [1.807, 2.05) is 135 Å². The Morgan fingerprint density at radius 3 is 1.23 bits per heavy atom. The number of hydrogen-bond donors (Lipinski definition) is 0. The van der Waals surface area contributed by atoms with Crippen LogP contribution in [0, 0.1) is 27.7 Å². The van der Waals surface area contributed by atoms with E-state index < -0.39 is 60.4 Å². The first-order chi connectivity index (χ1) is 36.3. The van der Waals surface area contributed by atoms with Gasteiger partial charge in [0.25, 0.3) is 0 Å². The first-order valence-electron chi connectivity index (χ1n) is 27.5. The molecule has 4 aromatic heterocycles. The van der Waals surface area contributed by atoms with E-state index in [1.165, 1.54) is 8.80 Å². The average Bonchev–Trinajstić information content (AvgIpc) is 4.18. The van der Waals surface area contributed by atoms with Crippen LogP contribution in [0.3, 0.4) is 0 Å². The molecule has 4 heteroatoms. The van der Waals surface area contributed by atoms with E-state index in [1.54, 1.807) is 0 Å². The maximum absolute atomic E-state index is 10.4. The third-order valence-corrected chi connectivity index (χ3v) is 12.4. The van der Waals surface area contributed by atoms with Gasteiger partial charge in [-0.05, 0) is 123 Å². The molecule has 0 aliphatic carbocycles. The topological polar surface area (TPSA) is 15.3 Å². The molecule has 0 saturated carbocycles. The predicted octanol–water partition coefficient (Wildman–Crippen LogP) is 16.2. The van der Waals surface area contributed by atoms with Crippen molar-refractivity contribution in [2.45, 2.75) is 27.7 Å². The molecular weight excluding hydrogens is 753 g/mol. The molecule has 0 saturated heterocycles. The van der Waals surface area contributed by atoms with E-state index in [2.05, 4.69) is 0 Å². The minimum atomic E-state index is -0.520. The summed E-state index contributed by atoms with van der Waals surface area (Å²) >= 11 is 0. The fourth-order valence-electron chi connectivity index (χ4n) is 9.59. The summed E-state index contributed by atoms with van der Waals surface area (Å²) in [4.78, 5) is 3.62. The van der Waals surface area contributed by atoms with Gasteiger partial charge in [-0.3, -0.25) is 0 Å². The van der Waals surface area contributed by atoms with Crippen LogP contribution in [-0.4, -0.2) is 8.80 Å². The van der Waals surface area contributed by atoms with Gasteiger partial charge in [-0.15, -0.1) is 0 Å². The second-order valence-electron chi connectivity index (χ2n) is 16.1. The van der Waals surface area contributed by atoms with Crippen molar-refractivity contribution in [1.29, 1.82) is 0 Å². The molecular formula is C58H42N4. The normalized spacial score (nSPS) is 15.4. The van der Waals surface area contributed by atoms with Crippen molar-refractivity contribution in [3.05, 3.63) is 204 Å². The number of anilines is 6. The molecule has 0 atom stereocenters. The van der Waals surface area contributed by atoms with Gasteiger partial charge in [0.05, 0.1) is 63.7 Å². The minimum Gasteiger partial charge on any atom is -0.310 e. The molecule has 0 spiro atoms. The smallest absolute Gasteiger partial charge is 0.0653 e. The van der Waals surface area contributed by atoms with Crippen LogP contribution in [-0.2, 0) is 0 Å². The molecule has 13 aromatic rings. The second kappa shape index (κ2) is 12.8. The number of aryl methyl sites for hydroxylation is 4. The monoisotopic (exact) mass is 808 g/mol. The lowest BCUT2D eigenvalue weighted by molar-refractivity contribution is 1.25. The molecule has 0 aliphatic rings. The lowest BCUT2D eigenvalue weighted by Crippen LogP contribution is -2.12. The first-order valence-corrected chi connectivity index (χ1v) is 20.5. The maximum atomic E-state index is 10.4. The molecule has 62 heavy (non-hydrogen) atoms. The molecule has 4 nitrogen and oxygen atoms in total. The van der Waals surface area contributed by atoms with Crippen molar-refractivity contribution in [1.82, 2.24) is 8.80 Å². The molecule has 4 heterocycles. The van der Waals surface area contributed by atoms with Crippen molar-refractivity contribution in [3.8, 4) is 0 Å². The molecule has 0 unspecified atom stereocenters. The Balaban J connectivity index is 1.27. The molecule has 0 amide bonds. The lowest BCUT2D eigenvalue weighted by Gasteiger charge is -2.28. The largest absolute Gasteiger partial charge is 0.310 e. The Labute approximate surface area is 379 Å². The van der Waals surface area contributed by atoms with Crippen molar-refractivity contribution in [2.75, 3.05) is 9.80 Å². The van der Waals surface area contributed by atoms with Crippen LogP contribution in [0.25, 0.3) is 76.2 Å². The highest BCUT2D eigenvalue weighted by Gasteiger charge is 2.27. The number of benzene rings is 9. The van der Waals surface area contributed by atoms with Gasteiger partial charge in [-0.2, -0.15) is 0 Å². The SMILES string of the molecule is [2H]c1c([2H])c([2H])c2c(c1N(c1ccccc1)c1cc(C)ccc1C)c1c([2H])c([2H])c([2H])c3c4c([2H])c5c(c([2H])c4n2c13)c1c([2H])c([2H])c([2H])c2c3c(N(c4ccccc4)c4cc(C)ccc4C)c([2H])c([2H])c([2H])c3n5c21. The Kier molecular flexibility index (Phi) is 4.94. The number of hydrogen-bond acceptors (Lipinski definition) is 2. The number of aromatic nitrogens is 2. The molecule has 0 aliphatic heterocycles. The molecule has 0 fully saturated rings. The number of rotatable bonds is 6. The van der Waals surface area contributed by atoms with E-state index in [4.69, 9.17) is 0 Å². The van der Waals surface area contributed by atoms with Gasteiger partial charge in [0.15, 0.2) is 0 Å². The van der Waals surface area contributed by atoms with Crippen molar-refractivity contribution < 1.29 is 19.2 Å². The summed E-state index contributed by atoms with van der Waals surface area (Å²) < 4.78 is 139. The fourth-order valence-corrected chi connectivity index (χ4v) is 9.59. The third kappa shape index (κ3) is 4.72. The van der Waals surface area contributed by atoms with Crippen LogP contribution >= 0.6 is 0 Å². The molecule has 0 N–H and O–H groups in total. The summed E-state index contributed by atoms with van der Waals surface area (Å²) in [5.74, 6) is 0. The van der Waals surface area contributed by atoms with E-state index in [0.717, 1.165) is 22.3 Å². The fraction of sp³-hybridized carbons (Fsp3) is 0.0690. The van der Waals surface area contributed by atoms with E-state index in [-0.39, 0.29) is 112 Å². The average molecular weight is 809 g/mol. The van der Waals surface area contributed by atoms with E-state index in [0.29, 0.717) is 22.7 Å². The van der Waals surface area contributed by atoms with Crippen molar-refractivity contribution in [3.63, 3.8) is 0 Å². The second-order valence-corrected chi connectivity index (χ2v) is 16.1. The van der Waals surface area contributed by atoms with Crippen molar-refractivity contribution in [2.24, 2.45) is 0 Å². The summed E-state index contributed by atoms with van der Waals surface area (Å²) in [6.07, 6.45) is 0. The highest BCUT2D eigenvalue weighted by molar-refractivity contribution is 6.31. The Morgan fingerprint density at radius 2 is 0.790 bits per heavy atom. The van der Waals surface area contributed by atoms with Gasteiger partial charge < -0.3 is 18.6 Å². The van der Waals surface area contributed by atoms with Gasteiger partial charge in [0.2, 0.25) is 0 Å². The number of nitrogens with zero attached hydrogens (tertiary/aromatic N) is 4. The number of fused-ring (bicyclic) bond motifs is 12. The first kappa shape index (κ1) is 23.8. The molecule has 13 rings (SSSR count). The van der Waals surface area contributed by atoms with Gasteiger partial charge in [-0.25, -0.2) is 0 Å². The van der Waals surface area contributed by atoms with Gasteiger partial charge in [-0.1, -0.05) is 109 Å². The summed E-state index contributed by atoms with van der Waals surface area (Å²) in [6.45, 7) is 7.69. The number of para-hydroxylation sites is 4. The quantitative estimate of drug-likeness (QED) is 0.166. The summed E-state index contributed by atoms with van der Waals surface area (Å²) in [7, 11) is 0. The molecule has 9 aromatic carbocycles. The molecule has 0 bridgehead atoms. The van der Waals surface area contributed by atoms with Crippen LogP contribution < -0.4 is 9.80 Å². The van der Waals surface area contributed by atoms with Gasteiger partial charge in [0, 0.05) is 65.8 Å². The Bertz CT molecular complexity index is 4440. The zero-order valence-corrected chi connectivity index (χ0v) is 34.0. The molecule has 0 radical (unpaired) electrons. The van der Waals surface area contributed by atoms with Crippen LogP contribution in [0.15, 0.2) is 182 Å². The highest BCUT2D eigenvalue weighted by Crippen LogP contribution is 2.50. The van der Waals surface area contributed by atoms with Gasteiger partial charge in [0.1, 0.15) is 0 Å².